The number of rotatable bonds is 3. The zero-order valence-electron chi connectivity index (χ0n) is 11.4. The number of carbonyl (C=O) groups excluding carboxylic acids is 2. The van der Waals surface area contributed by atoms with Gasteiger partial charge in [0.2, 0.25) is 0 Å². The molecule has 0 amide bonds. The maximum Gasteiger partial charge on any atom is 0.169 e. The summed E-state index contributed by atoms with van der Waals surface area (Å²) in [6.07, 6.45) is 10.9. The molecule has 0 spiro atoms. The van der Waals surface area contributed by atoms with Gasteiger partial charge in [0.1, 0.15) is 12.4 Å². The lowest BCUT2D eigenvalue weighted by Crippen LogP contribution is -2.39. The van der Waals surface area contributed by atoms with Crippen LogP contribution >= 0.6 is 0 Å². The maximum atomic E-state index is 12.3. The maximum absolute atomic E-state index is 12.3. The number of hydrogen-bond acceptors (Lipinski definition) is 3. The highest BCUT2D eigenvalue weighted by Gasteiger charge is 2.44. The standard InChI is InChI=1S/C16H18O3/c1-4-9-19-12-5-6-14-15(18)13(11(2)17)7-8-16(14,3)10-12/h1,5-6,13H,7-10H2,2-3H3/t13-,16?/m1/s1. The molecule has 0 N–H and O–H groups in total. The predicted octanol–water partition coefficient (Wildman–Crippen LogP) is 2.42. The van der Waals surface area contributed by atoms with Crippen LogP contribution in [0.1, 0.15) is 33.1 Å². The first-order valence-corrected chi connectivity index (χ1v) is 6.50. The Bertz CT molecular complexity index is 519. The summed E-state index contributed by atoms with van der Waals surface area (Å²) >= 11 is 0. The molecular formula is C16H18O3. The first-order valence-electron chi connectivity index (χ1n) is 6.50. The summed E-state index contributed by atoms with van der Waals surface area (Å²) < 4.78 is 5.46. The number of ether oxygens (including phenoxy) is 1. The smallest absolute Gasteiger partial charge is 0.169 e. The van der Waals surface area contributed by atoms with Gasteiger partial charge in [-0.15, -0.1) is 6.42 Å². The Hall–Kier alpha value is -1.82. The van der Waals surface area contributed by atoms with Crippen LogP contribution in [-0.2, 0) is 14.3 Å². The van der Waals surface area contributed by atoms with Crippen molar-refractivity contribution in [3.05, 3.63) is 23.5 Å². The molecule has 0 saturated heterocycles. The highest BCUT2D eigenvalue weighted by Crippen LogP contribution is 2.47. The van der Waals surface area contributed by atoms with Crippen LogP contribution in [0.3, 0.4) is 0 Å². The van der Waals surface area contributed by atoms with Crippen molar-refractivity contribution in [1.82, 2.24) is 0 Å². The fourth-order valence-electron chi connectivity index (χ4n) is 2.92. The van der Waals surface area contributed by atoms with E-state index >= 15 is 0 Å². The lowest BCUT2D eigenvalue weighted by Gasteiger charge is -2.40. The summed E-state index contributed by atoms with van der Waals surface area (Å²) in [6.45, 7) is 3.79. The van der Waals surface area contributed by atoms with Gasteiger partial charge in [0, 0.05) is 17.4 Å². The van der Waals surface area contributed by atoms with Crippen molar-refractivity contribution in [3.63, 3.8) is 0 Å². The van der Waals surface area contributed by atoms with Gasteiger partial charge in [0.15, 0.2) is 5.78 Å². The highest BCUT2D eigenvalue weighted by atomic mass is 16.5. The first kappa shape index (κ1) is 13.6. The van der Waals surface area contributed by atoms with E-state index in [-0.39, 0.29) is 23.6 Å². The Kier molecular flexibility index (Phi) is 3.61. The van der Waals surface area contributed by atoms with Crippen LogP contribution in [0.2, 0.25) is 0 Å². The Morgan fingerprint density at radius 1 is 1.58 bits per heavy atom. The molecule has 1 unspecified atom stereocenters. The van der Waals surface area contributed by atoms with Crippen LogP contribution in [-0.4, -0.2) is 18.2 Å². The third-order valence-electron chi connectivity index (χ3n) is 4.05. The van der Waals surface area contributed by atoms with Gasteiger partial charge in [-0.05, 0) is 25.8 Å². The lowest BCUT2D eigenvalue weighted by atomic mass is 9.63. The summed E-state index contributed by atoms with van der Waals surface area (Å²) in [5.41, 5.74) is 0.536. The van der Waals surface area contributed by atoms with Crippen LogP contribution in [0.5, 0.6) is 0 Å². The van der Waals surface area contributed by atoms with E-state index < -0.39 is 5.92 Å². The summed E-state index contributed by atoms with van der Waals surface area (Å²) in [6, 6.07) is 0. The first-order chi connectivity index (χ1) is 8.98. The second kappa shape index (κ2) is 5.05. The van der Waals surface area contributed by atoms with Crippen molar-refractivity contribution in [2.75, 3.05) is 6.61 Å². The minimum atomic E-state index is -0.457. The number of fused-ring (bicyclic) bond motifs is 1. The third-order valence-corrected chi connectivity index (χ3v) is 4.05. The average molecular weight is 258 g/mol. The Labute approximate surface area is 113 Å². The van der Waals surface area contributed by atoms with Gasteiger partial charge < -0.3 is 4.74 Å². The van der Waals surface area contributed by atoms with E-state index in [9.17, 15) is 9.59 Å². The second-order valence-corrected chi connectivity index (χ2v) is 5.51. The molecule has 19 heavy (non-hydrogen) atoms. The van der Waals surface area contributed by atoms with Crippen LogP contribution in [0.25, 0.3) is 0 Å². The molecule has 0 aromatic carbocycles. The molecule has 100 valence electrons. The molecule has 0 heterocycles. The van der Waals surface area contributed by atoms with Crippen molar-refractivity contribution >= 4 is 11.6 Å². The van der Waals surface area contributed by atoms with Crippen molar-refractivity contribution in [3.8, 4) is 12.3 Å². The van der Waals surface area contributed by atoms with Gasteiger partial charge in [-0.1, -0.05) is 18.9 Å². The molecule has 0 aliphatic heterocycles. The van der Waals surface area contributed by atoms with Gasteiger partial charge in [0.25, 0.3) is 0 Å². The minimum Gasteiger partial charge on any atom is -0.485 e. The lowest BCUT2D eigenvalue weighted by molar-refractivity contribution is -0.132. The zero-order valence-corrected chi connectivity index (χ0v) is 11.4. The van der Waals surface area contributed by atoms with Crippen molar-refractivity contribution in [1.29, 1.82) is 0 Å². The molecule has 3 heteroatoms. The number of hydrogen-bond donors (Lipinski definition) is 0. The van der Waals surface area contributed by atoms with E-state index in [1.807, 2.05) is 0 Å². The number of Topliss-reactive ketones (excluding diaryl/α,β-unsaturated/α-hetero) is 2. The highest BCUT2D eigenvalue weighted by molar-refractivity contribution is 6.11. The molecule has 0 bridgehead atoms. The summed E-state index contributed by atoms with van der Waals surface area (Å²) in [5, 5.41) is 0. The van der Waals surface area contributed by atoms with E-state index in [4.69, 9.17) is 11.2 Å². The molecule has 0 aromatic heterocycles. The normalized spacial score (nSPS) is 29.7. The monoisotopic (exact) mass is 258 g/mol. The molecule has 2 aliphatic rings. The number of terminal acetylenes is 1. The van der Waals surface area contributed by atoms with Gasteiger partial charge in [-0.3, -0.25) is 9.59 Å². The predicted molar refractivity (Wildman–Crippen MR) is 72.1 cm³/mol. The van der Waals surface area contributed by atoms with Gasteiger partial charge in [-0.2, -0.15) is 0 Å². The molecule has 1 saturated carbocycles. The Morgan fingerprint density at radius 2 is 2.32 bits per heavy atom. The third kappa shape index (κ3) is 2.49. The largest absolute Gasteiger partial charge is 0.485 e. The quantitative estimate of drug-likeness (QED) is 0.577. The molecule has 0 radical (unpaired) electrons. The topological polar surface area (TPSA) is 43.4 Å². The summed E-state index contributed by atoms with van der Waals surface area (Å²) in [5.74, 6) is 2.74. The average Bonchev–Trinajstić information content (AvgIpc) is 2.35. The second-order valence-electron chi connectivity index (χ2n) is 5.51. The van der Waals surface area contributed by atoms with Gasteiger partial charge in [0.05, 0.1) is 11.7 Å². The number of allylic oxidation sites excluding steroid dienone is 4. The Morgan fingerprint density at radius 3 is 2.95 bits per heavy atom. The van der Waals surface area contributed by atoms with E-state index in [0.29, 0.717) is 12.8 Å². The molecule has 0 aromatic rings. The van der Waals surface area contributed by atoms with E-state index in [0.717, 1.165) is 17.8 Å². The van der Waals surface area contributed by atoms with Crippen LogP contribution in [0.15, 0.2) is 23.5 Å². The summed E-state index contributed by atoms with van der Waals surface area (Å²) in [4.78, 5) is 23.8. The van der Waals surface area contributed by atoms with Crippen LogP contribution in [0, 0.1) is 23.7 Å². The molecular weight excluding hydrogens is 240 g/mol. The van der Waals surface area contributed by atoms with Crippen LogP contribution < -0.4 is 0 Å². The fourth-order valence-corrected chi connectivity index (χ4v) is 2.92. The molecule has 1 fully saturated rings. The van der Waals surface area contributed by atoms with Crippen LogP contribution in [0.4, 0.5) is 0 Å². The van der Waals surface area contributed by atoms with Crippen molar-refractivity contribution < 1.29 is 14.3 Å². The van der Waals surface area contributed by atoms with Gasteiger partial charge >= 0.3 is 0 Å². The molecule has 3 nitrogen and oxygen atoms in total. The zero-order chi connectivity index (χ0) is 14.0. The van der Waals surface area contributed by atoms with E-state index in [2.05, 4.69) is 12.8 Å². The minimum absolute atomic E-state index is 0.0199. The fraction of sp³-hybridized carbons (Fsp3) is 0.500. The molecule has 2 atom stereocenters. The Balaban J connectivity index is 2.25. The molecule has 2 aliphatic carbocycles. The van der Waals surface area contributed by atoms with Crippen molar-refractivity contribution in [2.45, 2.75) is 33.1 Å². The van der Waals surface area contributed by atoms with Crippen molar-refractivity contribution in [2.24, 2.45) is 11.3 Å². The molecule has 2 rings (SSSR count). The number of carbonyl (C=O) groups is 2. The van der Waals surface area contributed by atoms with Gasteiger partial charge in [-0.25, -0.2) is 0 Å². The summed E-state index contributed by atoms with van der Waals surface area (Å²) in [7, 11) is 0. The van der Waals surface area contributed by atoms with E-state index in [1.165, 1.54) is 6.92 Å². The van der Waals surface area contributed by atoms with E-state index in [1.54, 1.807) is 12.2 Å². The number of ketones is 2. The SMILES string of the molecule is C#CCOC1=CC=C2C(=O)[C@@H](C(C)=O)CCC2(C)C1.